The SMILES string of the molecule is CC#CCSc1nnc(-c2ccccc2Cl)n1CCCOC. The highest BCUT2D eigenvalue weighted by molar-refractivity contribution is 7.99. The van der Waals surface area contributed by atoms with E-state index in [1.54, 1.807) is 18.9 Å². The predicted molar refractivity (Wildman–Crippen MR) is 91.1 cm³/mol. The van der Waals surface area contributed by atoms with Gasteiger partial charge in [-0.2, -0.15) is 0 Å². The van der Waals surface area contributed by atoms with Crippen LogP contribution in [0.15, 0.2) is 29.4 Å². The van der Waals surface area contributed by atoms with Crippen LogP contribution >= 0.6 is 23.4 Å². The van der Waals surface area contributed by atoms with E-state index in [0.29, 0.717) is 17.4 Å². The molecule has 2 aromatic rings. The lowest BCUT2D eigenvalue weighted by Crippen LogP contribution is -2.05. The summed E-state index contributed by atoms with van der Waals surface area (Å²) in [6.45, 7) is 3.31. The highest BCUT2D eigenvalue weighted by Crippen LogP contribution is 2.29. The van der Waals surface area contributed by atoms with Gasteiger partial charge in [-0.3, -0.25) is 0 Å². The lowest BCUT2D eigenvalue weighted by Gasteiger charge is -2.10. The van der Waals surface area contributed by atoms with Crippen molar-refractivity contribution in [3.63, 3.8) is 0 Å². The van der Waals surface area contributed by atoms with E-state index in [9.17, 15) is 0 Å². The van der Waals surface area contributed by atoms with Gasteiger partial charge in [0.2, 0.25) is 0 Å². The summed E-state index contributed by atoms with van der Waals surface area (Å²) >= 11 is 7.88. The number of benzene rings is 1. The van der Waals surface area contributed by atoms with Crippen LogP contribution in [0, 0.1) is 11.8 Å². The number of halogens is 1. The van der Waals surface area contributed by atoms with E-state index in [2.05, 4.69) is 26.6 Å². The first-order valence-electron chi connectivity index (χ1n) is 6.97. The van der Waals surface area contributed by atoms with Crippen molar-refractivity contribution in [1.82, 2.24) is 14.8 Å². The minimum Gasteiger partial charge on any atom is -0.385 e. The number of rotatable bonds is 7. The van der Waals surface area contributed by atoms with Crippen molar-refractivity contribution < 1.29 is 4.74 Å². The molecule has 22 heavy (non-hydrogen) atoms. The van der Waals surface area contributed by atoms with Crippen LogP contribution in [0.5, 0.6) is 0 Å². The van der Waals surface area contributed by atoms with Gasteiger partial charge < -0.3 is 9.30 Å². The number of thioether (sulfide) groups is 1. The van der Waals surface area contributed by atoms with Crippen LogP contribution in [0.3, 0.4) is 0 Å². The first-order valence-corrected chi connectivity index (χ1v) is 8.33. The fourth-order valence-electron chi connectivity index (χ4n) is 1.98. The number of hydrogen-bond acceptors (Lipinski definition) is 4. The monoisotopic (exact) mass is 335 g/mol. The normalized spacial score (nSPS) is 10.3. The second-order valence-electron chi connectivity index (χ2n) is 4.50. The van der Waals surface area contributed by atoms with E-state index >= 15 is 0 Å². The highest BCUT2D eigenvalue weighted by Gasteiger charge is 2.15. The van der Waals surface area contributed by atoms with Gasteiger partial charge in [0.25, 0.3) is 0 Å². The Kier molecular flexibility index (Phi) is 6.78. The van der Waals surface area contributed by atoms with Gasteiger partial charge in [-0.15, -0.1) is 16.1 Å². The fourth-order valence-corrected chi connectivity index (χ4v) is 2.98. The zero-order chi connectivity index (χ0) is 15.8. The van der Waals surface area contributed by atoms with Crippen molar-refractivity contribution >= 4 is 23.4 Å². The lowest BCUT2D eigenvalue weighted by molar-refractivity contribution is 0.189. The Hall–Kier alpha value is -1.48. The molecule has 0 spiro atoms. The van der Waals surface area contributed by atoms with Gasteiger partial charge in [-0.1, -0.05) is 41.4 Å². The second-order valence-corrected chi connectivity index (χ2v) is 5.85. The third-order valence-electron chi connectivity index (χ3n) is 3.01. The summed E-state index contributed by atoms with van der Waals surface area (Å²) in [6, 6.07) is 7.68. The maximum atomic E-state index is 6.29. The van der Waals surface area contributed by atoms with E-state index < -0.39 is 0 Å². The average Bonchev–Trinajstić information content (AvgIpc) is 2.91. The Balaban J connectivity index is 2.31. The number of ether oxygens (including phenoxy) is 1. The maximum absolute atomic E-state index is 6.29. The van der Waals surface area contributed by atoms with Gasteiger partial charge in [0.1, 0.15) is 0 Å². The first-order chi connectivity index (χ1) is 10.8. The Morgan fingerprint density at radius 3 is 2.86 bits per heavy atom. The third kappa shape index (κ3) is 4.26. The molecule has 1 aromatic heterocycles. The number of hydrogen-bond donors (Lipinski definition) is 0. The molecule has 0 amide bonds. The van der Waals surface area contributed by atoms with Crippen LogP contribution < -0.4 is 0 Å². The molecular formula is C16H18ClN3OS. The highest BCUT2D eigenvalue weighted by atomic mass is 35.5. The van der Waals surface area contributed by atoms with E-state index in [1.165, 1.54) is 0 Å². The topological polar surface area (TPSA) is 39.9 Å². The molecule has 4 nitrogen and oxygen atoms in total. The Morgan fingerprint density at radius 2 is 2.14 bits per heavy atom. The lowest BCUT2D eigenvalue weighted by atomic mass is 10.2. The molecule has 116 valence electrons. The van der Waals surface area contributed by atoms with Gasteiger partial charge in [-0.25, -0.2) is 0 Å². The molecule has 6 heteroatoms. The second kappa shape index (κ2) is 8.84. The molecule has 0 bridgehead atoms. The molecule has 1 aromatic carbocycles. The molecule has 0 saturated heterocycles. The molecule has 0 radical (unpaired) electrons. The number of methoxy groups -OCH3 is 1. The molecule has 0 aliphatic heterocycles. The summed E-state index contributed by atoms with van der Waals surface area (Å²) in [6.07, 6.45) is 0.888. The summed E-state index contributed by atoms with van der Waals surface area (Å²) in [5.41, 5.74) is 0.891. The number of aromatic nitrogens is 3. The smallest absolute Gasteiger partial charge is 0.192 e. The summed E-state index contributed by atoms with van der Waals surface area (Å²) in [5, 5.41) is 10.1. The molecule has 0 aliphatic carbocycles. The van der Waals surface area contributed by atoms with Crippen LogP contribution in [0.2, 0.25) is 5.02 Å². The van der Waals surface area contributed by atoms with E-state index in [1.807, 2.05) is 31.2 Å². The van der Waals surface area contributed by atoms with Crippen molar-refractivity contribution in [3.8, 4) is 23.2 Å². The van der Waals surface area contributed by atoms with E-state index in [0.717, 1.165) is 29.5 Å². The molecular weight excluding hydrogens is 318 g/mol. The van der Waals surface area contributed by atoms with Crippen molar-refractivity contribution in [2.75, 3.05) is 19.5 Å². The van der Waals surface area contributed by atoms with Crippen molar-refractivity contribution in [2.24, 2.45) is 0 Å². The molecule has 0 fully saturated rings. The largest absolute Gasteiger partial charge is 0.385 e. The van der Waals surface area contributed by atoms with Crippen molar-refractivity contribution in [1.29, 1.82) is 0 Å². The quantitative estimate of drug-likeness (QED) is 0.439. The van der Waals surface area contributed by atoms with E-state index in [4.69, 9.17) is 16.3 Å². The average molecular weight is 336 g/mol. The van der Waals surface area contributed by atoms with Gasteiger partial charge in [-0.05, 0) is 25.5 Å². The van der Waals surface area contributed by atoms with Gasteiger partial charge >= 0.3 is 0 Å². The molecule has 1 heterocycles. The van der Waals surface area contributed by atoms with Crippen LogP contribution in [-0.4, -0.2) is 34.2 Å². The van der Waals surface area contributed by atoms with Gasteiger partial charge in [0.15, 0.2) is 11.0 Å². The van der Waals surface area contributed by atoms with Crippen LogP contribution in [-0.2, 0) is 11.3 Å². The number of nitrogens with zero attached hydrogens (tertiary/aromatic N) is 3. The zero-order valence-electron chi connectivity index (χ0n) is 12.7. The maximum Gasteiger partial charge on any atom is 0.192 e. The minimum absolute atomic E-state index is 0.674. The third-order valence-corrected chi connectivity index (χ3v) is 4.19. The molecule has 2 rings (SSSR count). The summed E-state index contributed by atoms with van der Waals surface area (Å²) in [5.74, 6) is 7.40. The molecule has 0 saturated carbocycles. The molecule has 0 atom stereocenters. The summed E-state index contributed by atoms with van der Waals surface area (Å²) in [4.78, 5) is 0. The minimum atomic E-state index is 0.674. The molecule has 0 aliphatic rings. The summed E-state index contributed by atoms with van der Waals surface area (Å²) < 4.78 is 7.22. The van der Waals surface area contributed by atoms with Crippen LogP contribution in [0.4, 0.5) is 0 Å². The van der Waals surface area contributed by atoms with Crippen molar-refractivity contribution in [2.45, 2.75) is 25.0 Å². The van der Waals surface area contributed by atoms with E-state index in [-0.39, 0.29) is 0 Å². The first kappa shape index (κ1) is 16.9. The van der Waals surface area contributed by atoms with Gasteiger partial charge in [0, 0.05) is 25.8 Å². The predicted octanol–water partition coefficient (Wildman–Crippen LogP) is 3.75. The standard InChI is InChI=1S/C16H18ClN3OS/c1-3-4-12-22-16-19-18-15(20(16)10-7-11-21-2)13-8-5-6-9-14(13)17/h5-6,8-9H,7,10-12H2,1-2H3. The zero-order valence-corrected chi connectivity index (χ0v) is 14.2. The Labute approximate surface area is 140 Å². The molecule has 0 N–H and O–H groups in total. The van der Waals surface area contributed by atoms with Gasteiger partial charge in [0.05, 0.1) is 10.8 Å². The Morgan fingerprint density at radius 1 is 1.32 bits per heavy atom. The molecule has 0 unspecified atom stereocenters. The Bertz CT molecular complexity index is 676. The fraction of sp³-hybridized carbons (Fsp3) is 0.375. The van der Waals surface area contributed by atoms with Crippen LogP contribution in [0.25, 0.3) is 11.4 Å². The summed E-state index contributed by atoms with van der Waals surface area (Å²) in [7, 11) is 1.70. The van der Waals surface area contributed by atoms with Crippen molar-refractivity contribution in [3.05, 3.63) is 29.3 Å². The van der Waals surface area contributed by atoms with Crippen LogP contribution in [0.1, 0.15) is 13.3 Å².